The molecule has 1 aliphatic heterocycles. The van der Waals surface area contributed by atoms with Gasteiger partial charge in [0, 0.05) is 19.7 Å². The molecule has 4 rings (SSSR count). The molecular weight excluding hydrogens is 422 g/mol. The molecule has 0 radical (unpaired) electrons. The lowest BCUT2D eigenvalue weighted by Gasteiger charge is -2.11. The van der Waals surface area contributed by atoms with Crippen LogP contribution in [-0.4, -0.2) is 46.6 Å². The van der Waals surface area contributed by atoms with Crippen molar-refractivity contribution in [3.63, 3.8) is 0 Å². The number of rotatable bonds is 9. The van der Waals surface area contributed by atoms with Crippen molar-refractivity contribution in [1.82, 2.24) is 33.9 Å². The number of H-pyrrole nitrogens is 2. The molecule has 1 atom stereocenters. The van der Waals surface area contributed by atoms with E-state index in [0.29, 0.717) is 54.1 Å². The summed E-state index contributed by atoms with van der Waals surface area (Å²) in [4.78, 5) is 44.1. The Bertz CT molecular complexity index is 1230. The summed E-state index contributed by atoms with van der Waals surface area (Å²) >= 11 is 1.36. The largest absolute Gasteiger partial charge is 0.376 e. The molecule has 1 unspecified atom stereocenters. The van der Waals surface area contributed by atoms with Gasteiger partial charge in [0.25, 0.3) is 5.56 Å². The van der Waals surface area contributed by atoms with E-state index in [1.54, 1.807) is 4.57 Å². The zero-order valence-electron chi connectivity index (χ0n) is 17.7. The van der Waals surface area contributed by atoms with Crippen LogP contribution in [0.5, 0.6) is 0 Å². The minimum absolute atomic E-state index is 0.0152. The first-order valence-corrected chi connectivity index (χ1v) is 11.6. The van der Waals surface area contributed by atoms with Crippen LogP contribution in [0.15, 0.2) is 19.5 Å². The molecule has 1 saturated heterocycles. The molecule has 0 aromatic carbocycles. The molecule has 2 N–H and O–H groups in total. The predicted octanol–water partition coefficient (Wildman–Crippen LogP) is 1.06. The second-order valence-corrected chi connectivity index (χ2v) is 8.50. The number of hydrogen-bond donors (Lipinski definition) is 2. The van der Waals surface area contributed by atoms with Crippen LogP contribution in [0.4, 0.5) is 0 Å². The Morgan fingerprint density at radius 1 is 1.16 bits per heavy atom. The van der Waals surface area contributed by atoms with E-state index < -0.39 is 11.2 Å². The number of thioether (sulfide) groups is 1. The van der Waals surface area contributed by atoms with Crippen molar-refractivity contribution in [3.05, 3.63) is 37.1 Å². The fourth-order valence-corrected chi connectivity index (χ4v) is 4.79. The lowest BCUT2D eigenvalue weighted by molar-refractivity contribution is 0.0941. The Morgan fingerprint density at radius 3 is 2.71 bits per heavy atom. The molecule has 3 aromatic rings. The van der Waals surface area contributed by atoms with Gasteiger partial charge >= 0.3 is 11.4 Å². The summed E-state index contributed by atoms with van der Waals surface area (Å²) in [5, 5.41) is 7.20. The molecule has 1 fully saturated rings. The smallest absolute Gasteiger partial charge is 0.344 e. The average molecular weight is 450 g/mol. The molecule has 11 nitrogen and oxygen atoms in total. The SMILES string of the molecule is CCCCn1c(=O)[nH]c(=O)c2c1nc(CSc1n[nH]c(=O)n1CC1CCCO1)n2CC. The minimum atomic E-state index is -0.441. The number of aromatic amines is 2. The summed E-state index contributed by atoms with van der Waals surface area (Å²) in [5.74, 6) is 1.06. The van der Waals surface area contributed by atoms with E-state index in [0.717, 1.165) is 25.7 Å². The van der Waals surface area contributed by atoms with E-state index in [1.165, 1.54) is 16.3 Å². The van der Waals surface area contributed by atoms with Crippen molar-refractivity contribution in [2.45, 2.75) is 76.2 Å². The van der Waals surface area contributed by atoms with Gasteiger partial charge in [-0.3, -0.25) is 18.9 Å². The third-order valence-corrected chi connectivity index (χ3v) is 6.45. The van der Waals surface area contributed by atoms with Crippen LogP contribution in [0.2, 0.25) is 0 Å². The number of imidazole rings is 1. The Kier molecular flexibility index (Phi) is 6.46. The predicted molar refractivity (Wildman–Crippen MR) is 117 cm³/mol. The highest BCUT2D eigenvalue weighted by Gasteiger charge is 2.21. The van der Waals surface area contributed by atoms with Gasteiger partial charge in [-0.05, 0) is 26.2 Å². The number of fused-ring (bicyclic) bond motifs is 1. The zero-order chi connectivity index (χ0) is 22.0. The van der Waals surface area contributed by atoms with E-state index in [-0.39, 0.29) is 11.8 Å². The molecule has 1 aliphatic rings. The highest BCUT2D eigenvalue weighted by Crippen LogP contribution is 2.23. The zero-order valence-corrected chi connectivity index (χ0v) is 18.5. The van der Waals surface area contributed by atoms with Gasteiger partial charge in [-0.25, -0.2) is 19.7 Å². The summed E-state index contributed by atoms with van der Waals surface area (Å²) in [5.41, 5.74) is -0.352. The number of aryl methyl sites for hydroxylation is 2. The monoisotopic (exact) mass is 449 g/mol. The summed E-state index contributed by atoms with van der Waals surface area (Å²) in [7, 11) is 0. The van der Waals surface area contributed by atoms with Gasteiger partial charge in [-0.15, -0.1) is 5.10 Å². The van der Waals surface area contributed by atoms with Crippen molar-refractivity contribution in [1.29, 1.82) is 0 Å². The van der Waals surface area contributed by atoms with E-state index in [2.05, 4.69) is 20.2 Å². The maximum Gasteiger partial charge on any atom is 0.344 e. The van der Waals surface area contributed by atoms with Gasteiger partial charge in [0.2, 0.25) is 0 Å². The van der Waals surface area contributed by atoms with Crippen LogP contribution in [0.1, 0.15) is 45.4 Å². The van der Waals surface area contributed by atoms with Crippen molar-refractivity contribution < 1.29 is 4.74 Å². The molecule has 168 valence electrons. The van der Waals surface area contributed by atoms with Crippen LogP contribution in [-0.2, 0) is 30.1 Å². The second-order valence-electron chi connectivity index (χ2n) is 7.55. The van der Waals surface area contributed by atoms with E-state index in [4.69, 9.17) is 4.74 Å². The normalized spacial score (nSPS) is 16.5. The molecule has 3 aromatic heterocycles. The fourth-order valence-electron chi connectivity index (χ4n) is 3.89. The van der Waals surface area contributed by atoms with Crippen LogP contribution in [0, 0.1) is 0 Å². The van der Waals surface area contributed by atoms with Crippen LogP contribution in [0.3, 0.4) is 0 Å². The highest BCUT2D eigenvalue weighted by molar-refractivity contribution is 7.98. The minimum Gasteiger partial charge on any atom is -0.376 e. The standard InChI is InChI=1S/C19H27N7O4S/c1-3-5-8-25-15-14(16(27)21-17(25)28)24(4-2)13(20-15)11-31-19-23-22-18(29)26(19)10-12-7-6-9-30-12/h12H,3-11H2,1-2H3,(H,22,29)(H,21,27,28). The lowest BCUT2D eigenvalue weighted by atomic mass is 10.2. The van der Waals surface area contributed by atoms with Crippen molar-refractivity contribution >= 4 is 22.9 Å². The quantitative estimate of drug-likeness (QED) is 0.467. The molecule has 0 bridgehead atoms. The van der Waals surface area contributed by atoms with Crippen LogP contribution < -0.4 is 16.9 Å². The number of nitrogens with zero attached hydrogens (tertiary/aromatic N) is 5. The Morgan fingerprint density at radius 2 is 2.00 bits per heavy atom. The van der Waals surface area contributed by atoms with E-state index in [1.807, 2.05) is 18.4 Å². The number of unbranched alkanes of at least 4 members (excludes halogenated alkanes) is 1. The summed E-state index contributed by atoms with van der Waals surface area (Å²) < 4.78 is 10.6. The maximum absolute atomic E-state index is 12.5. The van der Waals surface area contributed by atoms with Gasteiger partial charge < -0.3 is 9.30 Å². The van der Waals surface area contributed by atoms with E-state index >= 15 is 0 Å². The van der Waals surface area contributed by atoms with Gasteiger partial charge in [-0.1, -0.05) is 25.1 Å². The molecule has 31 heavy (non-hydrogen) atoms. The summed E-state index contributed by atoms with van der Waals surface area (Å²) in [6.07, 6.45) is 3.67. The van der Waals surface area contributed by atoms with Crippen LogP contribution in [0.25, 0.3) is 11.2 Å². The first kappa shape index (κ1) is 21.6. The van der Waals surface area contributed by atoms with Crippen molar-refractivity contribution in [2.75, 3.05) is 6.61 Å². The topological polar surface area (TPSA) is 133 Å². The molecule has 12 heteroatoms. The fraction of sp³-hybridized carbons (Fsp3) is 0.632. The van der Waals surface area contributed by atoms with E-state index in [9.17, 15) is 14.4 Å². The number of aromatic nitrogens is 7. The van der Waals surface area contributed by atoms with Gasteiger partial charge in [0.1, 0.15) is 5.82 Å². The number of ether oxygens (including phenoxy) is 1. The maximum atomic E-state index is 12.5. The average Bonchev–Trinajstić information content (AvgIpc) is 3.47. The van der Waals surface area contributed by atoms with Gasteiger partial charge in [0.05, 0.1) is 18.4 Å². The third kappa shape index (κ3) is 4.26. The van der Waals surface area contributed by atoms with Crippen molar-refractivity contribution in [2.24, 2.45) is 0 Å². The van der Waals surface area contributed by atoms with Gasteiger partial charge in [0.15, 0.2) is 16.3 Å². The Balaban J connectivity index is 1.65. The Labute approximate surface area is 181 Å². The molecule has 4 heterocycles. The first-order chi connectivity index (χ1) is 15.0. The molecule has 0 amide bonds. The summed E-state index contributed by atoms with van der Waals surface area (Å²) in [6.45, 7) is 6.17. The van der Waals surface area contributed by atoms with Gasteiger partial charge in [-0.2, -0.15) is 0 Å². The molecule has 0 spiro atoms. The Hall–Kier alpha value is -2.60. The van der Waals surface area contributed by atoms with Crippen LogP contribution >= 0.6 is 11.8 Å². The number of nitrogens with one attached hydrogen (secondary N) is 2. The second kappa shape index (κ2) is 9.27. The van der Waals surface area contributed by atoms with Crippen molar-refractivity contribution in [3.8, 4) is 0 Å². The lowest BCUT2D eigenvalue weighted by Crippen LogP contribution is -2.31. The molecular formula is C19H27N7O4S. The third-order valence-electron chi connectivity index (χ3n) is 5.48. The molecule has 0 aliphatic carbocycles. The molecule has 0 saturated carbocycles. The summed E-state index contributed by atoms with van der Waals surface area (Å²) in [6, 6.07) is 0. The highest BCUT2D eigenvalue weighted by atomic mass is 32.2. The first-order valence-electron chi connectivity index (χ1n) is 10.6. The number of hydrogen-bond acceptors (Lipinski definition) is 7.